The molecule has 0 spiro atoms. The summed E-state index contributed by atoms with van der Waals surface area (Å²) in [6.45, 7) is 9.22. The van der Waals surface area contributed by atoms with E-state index in [1.54, 1.807) is 11.1 Å². The average Bonchev–Trinajstić information content (AvgIpc) is 2.48. The fourth-order valence-corrected chi connectivity index (χ4v) is 3.94. The Balaban J connectivity index is 1.85. The number of hydrogen-bond donors (Lipinski definition) is 0. The molecule has 1 fully saturated rings. The number of fused-ring (bicyclic) bond motifs is 1. The maximum atomic E-state index is 4.46. The molecule has 0 radical (unpaired) electrons. The van der Waals surface area contributed by atoms with Crippen LogP contribution in [0.1, 0.15) is 47.9 Å². The molecule has 0 amide bonds. The molecular formula is C19H27N. The van der Waals surface area contributed by atoms with Gasteiger partial charge in [-0.3, -0.25) is 0 Å². The van der Waals surface area contributed by atoms with Crippen LogP contribution < -0.4 is 0 Å². The Labute approximate surface area is 123 Å². The van der Waals surface area contributed by atoms with Crippen molar-refractivity contribution in [2.75, 3.05) is 20.1 Å². The average molecular weight is 269 g/mol. The zero-order valence-electron chi connectivity index (χ0n) is 13.0. The maximum absolute atomic E-state index is 4.46. The van der Waals surface area contributed by atoms with Gasteiger partial charge in [-0.15, -0.1) is 0 Å². The van der Waals surface area contributed by atoms with E-state index in [2.05, 4.69) is 37.6 Å². The highest BCUT2D eigenvalue weighted by Gasteiger charge is 2.22. The summed E-state index contributed by atoms with van der Waals surface area (Å²) in [4.78, 5) is 2.43. The van der Waals surface area contributed by atoms with Gasteiger partial charge in [-0.05, 0) is 99.3 Å². The minimum Gasteiger partial charge on any atom is -0.306 e. The minimum atomic E-state index is 0.687. The first-order chi connectivity index (χ1) is 9.66. The first kappa shape index (κ1) is 13.9. The summed E-state index contributed by atoms with van der Waals surface area (Å²) in [7, 11) is 2.23. The van der Waals surface area contributed by atoms with E-state index in [1.165, 1.54) is 68.3 Å². The van der Waals surface area contributed by atoms with Crippen LogP contribution in [0.2, 0.25) is 0 Å². The lowest BCUT2D eigenvalue weighted by atomic mass is 9.80. The summed E-state index contributed by atoms with van der Waals surface area (Å²) >= 11 is 0. The second kappa shape index (κ2) is 5.73. The molecule has 0 saturated carbocycles. The fraction of sp³-hybridized carbons (Fsp3) is 0.579. The Hall–Kier alpha value is -1.08. The van der Waals surface area contributed by atoms with Crippen molar-refractivity contribution in [3.05, 3.63) is 41.0 Å². The first-order valence-corrected chi connectivity index (χ1v) is 8.16. The molecule has 0 atom stereocenters. The van der Waals surface area contributed by atoms with E-state index in [9.17, 15) is 0 Å². The van der Waals surface area contributed by atoms with Crippen LogP contribution in [0, 0.1) is 12.8 Å². The van der Waals surface area contributed by atoms with Crippen molar-refractivity contribution in [2.45, 2.75) is 45.4 Å². The van der Waals surface area contributed by atoms with Gasteiger partial charge in [0.15, 0.2) is 0 Å². The molecule has 1 heterocycles. The topological polar surface area (TPSA) is 3.24 Å². The molecule has 1 aromatic rings. The van der Waals surface area contributed by atoms with Crippen molar-refractivity contribution in [3.8, 4) is 0 Å². The van der Waals surface area contributed by atoms with E-state index < -0.39 is 0 Å². The van der Waals surface area contributed by atoms with Crippen LogP contribution in [-0.4, -0.2) is 25.0 Å². The summed E-state index contributed by atoms with van der Waals surface area (Å²) < 4.78 is 0. The number of piperidine rings is 1. The maximum Gasteiger partial charge on any atom is -0.00159 e. The Morgan fingerprint density at radius 1 is 1.15 bits per heavy atom. The Bertz CT molecular complexity index is 507. The van der Waals surface area contributed by atoms with Crippen LogP contribution in [0.4, 0.5) is 0 Å². The fourth-order valence-electron chi connectivity index (χ4n) is 3.94. The van der Waals surface area contributed by atoms with E-state index in [4.69, 9.17) is 0 Å². The van der Waals surface area contributed by atoms with Gasteiger partial charge in [-0.2, -0.15) is 0 Å². The summed E-state index contributed by atoms with van der Waals surface area (Å²) in [5.41, 5.74) is 7.58. The molecule has 108 valence electrons. The molecule has 1 saturated heterocycles. The van der Waals surface area contributed by atoms with Gasteiger partial charge in [0.25, 0.3) is 0 Å². The number of rotatable bonds is 2. The third-order valence-corrected chi connectivity index (χ3v) is 5.38. The monoisotopic (exact) mass is 269 g/mol. The highest BCUT2D eigenvalue weighted by molar-refractivity contribution is 5.70. The first-order valence-electron chi connectivity index (χ1n) is 8.16. The zero-order valence-corrected chi connectivity index (χ0v) is 13.0. The van der Waals surface area contributed by atoms with Crippen molar-refractivity contribution in [1.29, 1.82) is 0 Å². The van der Waals surface area contributed by atoms with E-state index >= 15 is 0 Å². The van der Waals surface area contributed by atoms with Crippen molar-refractivity contribution in [3.63, 3.8) is 0 Å². The summed E-state index contributed by atoms with van der Waals surface area (Å²) in [5.74, 6) is 0.687. The van der Waals surface area contributed by atoms with Gasteiger partial charge in [-0.1, -0.05) is 18.7 Å². The third-order valence-electron chi connectivity index (χ3n) is 5.38. The van der Waals surface area contributed by atoms with Gasteiger partial charge in [-0.25, -0.2) is 0 Å². The van der Waals surface area contributed by atoms with Crippen LogP contribution in [0.25, 0.3) is 5.57 Å². The summed E-state index contributed by atoms with van der Waals surface area (Å²) in [6, 6.07) is 4.72. The molecule has 1 nitrogen and oxygen atoms in total. The van der Waals surface area contributed by atoms with Gasteiger partial charge in [0, 0.05) is 0 Å². The summed E-state index contributed by atoms with van der Waals surface area (Å²) in [5, 5.41) is 0. The molecule has 0 aromatic heterocycles. The smallest absolute Gasteiger partial charge is 0.00159 e. The molecule has 0 unspecified atom stereocenters. The molecule has 1 aliphatic carbocycles. The van der Waals surface area contributed by atoms with Gasteiger partial charge >= 0.3 is 0 Å². The number of aryl methyl sites for hydroxylation is 1. The number of hydrogen-bond acceptors (Lipinski definition) is 1. The predicted octanol–water partition coefficient (Wildman–Crippen LogP) is 4.23. The Kier molecular flexibility index (Phi) is 3.98. The normalized spacial score (nSPS) is 20.7. The van der Waals surface area contributed by atoms with E-state index in [0.717, 1.165) is 0 Å². The molecule has 2 aliphatic rings. The number of nitrogens with zero attached hydrogens (tertiary/aromatic N) is 1. The van der Waals surface area contributed by atoms with Gasteiger partial charge in [0.1, 0.15) is 0 Å². The van der Waals surface area contributed by atoms with Crippen LogP contribution in [0.15, 0.2) is 18.7 Å². The number of benzene rings is 1. The third kappa shape index (κ3) is 2.56. The van der Waals surface area contributed by atoms with E-state index in [1.807, 2.05) is 0 Å². The van der Waals surface area contributed by atoms with Crippen LogP contribution in [0.5, 0.6) is 0 Å². The second-order valence-electron chi connectivity index (χ2n) is 6.69. The second-order valence-corrected chi connectivity index (χ2v) is 6.69. The predicted molar refractivity (Wildman–Crippen MR) is 87.1 cm³/mol. The van der Waals surface area contributed by atoms with Crippen LogP contribution >= 0.6 is 0 Å². The molecule has 0 N–H and O–H groups in total. The Morgan fingerprint density at radius 3 is 2.60 bits per heavy atom. The lowest BCUT2D eigenvalue weighted by Gasteiger charge is -2.31. The van der Waals surface area contributed by atoms with Crippen molar-refractivity contribution in [1.82, 2.24) is 4.90 Å². The quantitative estimate of drug-likeness (QED) is 0.776. The van der Waals surface area contributed by atoms with Crippen molar-refractivity contribution >= 4 is 5.57 Å². The molecule has 1 aliphatic heterocycles. The largest absolute Gasteiger partial charge is 0.306 e. The molecule has 1 aromatic carbocycles. The van der Waals surface area contributed by atoms with Crippen molar-refractivity contribution < 1.29 is 0 Å². The summed E-state index contributed by atoms with van der Waals surface area (Å²) in [6.07, 6.45) is 7.81. The van der Waals surface area contributed by atoms with Gasteiger partial charge in [0.2, 0.25) is 0 Å². The molecule has 3 rings (SSSR count). The standard InChI is InChI=1S/C19H27N/c1-14(16-10-12-20(3)13-11-16)18-9-8-17-6-4-5-7-19(17)15(18)2/h8-9,16H,1,4-7,10-13H2,2-3H3. The van der Waals surface area contributed by atoms with E-state index in [0.29, 0.717) is 5.92 Å². The highest BCUT2D eigenvalue weighted by atomic mass is 15.1. The SMILES string of the molecule is C=C(c1ccc2c(c1C)CCCC2)C1CCN(C)CC1. The van der Waals surface area contributed by atoms with Gasteiger partial charge in [0.05, 0.1) is 0 Å². The zero-order chi connectivity index (χ0) is 14.1. The molecule has 20 heavy (non-hydrogen) atoms. The lowest BCUT2D eigenvalue weighted by Crippen LogP contribution is -2.30. The van der Waals surface area contributed by atoms with Crippen LogP contribution in [0.3, 0.4) is 0 Å². The molecule has 1 heteroatoms. The molecule has 0 bridgehead atoms. The highest BCUT2D eigenvalue weighted by Crippen LogP contribution is 2.35. The minimum absolute atomic E-state index is 0.687. The van der Waals surface area contributed by atoms with E-state index in [-0.39, 0.29) is 0 Å². The number of likely N-dealkylation sites (tertiary alicyclic amines) is 1. The number of allylic oxidation sites excluding steroid dienone is 1. The van der Waals surface area contributed by atoms with Crippen molar-refractivity contribution in [2.24, 2.45) is 5.92 Å². The van der Waals surface area contributed by atoms with Crippen LogP contribution in [-0.2, 0) is 12.8 Å². The molecular weight excluding hydrogens is 242 g/mol. The van der Waals surface area contributed by atoms with Gasteiger partial charge < -0.3 is 4.90 Å². The Morgan fingerprint density at radius 2 is 1.85 bits per heavy atom. The lowest BCUT2D eigenvalue weighted by molar-refractivity contribution is 0.248.